The molecule has 0 aromatic rings. The van der Waals surface area contributed by atoms with Crippen LogP contribution in [0.3, 0.4) is 0 Å². The molecule has 2 N–H and O–H groups in total. The van der Waals surface area contributed by atoms with E-state index in [1.54, 1.807) is 0 Å². The van der Waals surface area contributed by atoms with Crippen LogP contribution in [0.2, 0.25) is 0 Å². The first-order valence-corrected chi connectivity index (χ1v) is 13.9. The molecule has 0 saturated heterocycles. The molecular weight excluding hydrogens is 380 g/mol. The fraction of sp³-hybridized carbons (Fsp3) is 1.00. The van der Waals surface area contributed by atoms with Gasteiger partial charge in [0.25, 0.3) is 0 Å². The molecular formula is C29H50O2. The van der Waals surface area contributed by atoms with Gasteiger partial charge in [-0.05, 0) is 128 Å². The summed E-state index contributed by atoms with van der Waals surface area (Å²) in [4.78, 5) is 0. The molecule has 0 aliphatic heterocycles. The normalized spacial score (nSPS) is 55.1. The molecule has 2 spiro atoms. The van der Waals surface area contributed by atoms with E-state index in [1.807, 2.05) is 0 Å². The van der Waals surface area contributed by atoms with Crippen LogP contribution in [-0.2, 0) is 0 Å². The lowest BCUT2D eigenvalue weighted by Crippen LogP contribution is -2.56. The highest BCUT2D eigenvalue weighted by Crippen LogP contribution is 2.88. The number of rotatable bonds is 5. The first kappa shape index (κ1) is 22.7. The average molecular weight is 431 g/mol. The molecule has 0 radical (unpaired) electrons. The Bertz CT molecular complexity index is 703. The monoisotopic (exact) mass is 430 g/mol. The van der Waals surface area contributed by atoms with Crippen molar-refractivity contribution in [2.75, 3.05) is 0 Å². The van der Waals surface area contributed by atoms with E-state index < -0.39 is 0 Å². The Balaban J connectivity index is 1.37. The molecule has 5 fully saturated rings. The van der Waals surface area contributed by atoms with Gasteiger partial charge in [0.1, 0.15) is 0 Å². The zero-order valence-corrected chi connectivity index (χ0v) is 21.3. The second-order valence-electron chi connectivity index (χ2n) is 14.0. The highest BCUT2D eigenvalue weighted by Gasteiger charge is 2.81. The van der Waals surface area contributed by atoms with Crippen LogP contribution in [0, 0.1) is 57.2 Å². The Kier molecular flexibility index (Phi) is 5.28. The lowest BCUT2D eigenvalue weighted by atomic mass is 9.43. The van der Waals surface area contributed by atoms with Gasteiger partial charge in [-0.2, -0.15) is 0 Å². The molecule has 178 valence electrons. The summed E-state index contributed by atoms with van der Waals surface area (Å²) in [5.41, 5.74) is 2.17. The largest absolute Gasteiger partial charge is 0.393 e. The molecule has 0 aromatic carbocycles. The van der Waals surface area contributed by atoms with Crippen LogP contribution in [0.1, 0.15) is 112 Å². The van der Waals surface area contributed by atoms with E-state index >= 15 is 0 Å². The summed E-state index contributed by atoms with van der Waals surface area (Å²) in [6, 6.07) is 0. The fourth-order valence-electron chi connectivity index (χ4n) is 10.9. The van der Waals surface area contributed by atoms with Crippen LogP contribution < -0.4 is 0 Å². The summed E-state index contributed by atoms with van der Waals surface area (Å²) in [5.74, 6) is 4.14. The van der Waals surface area contributed by atoms with Gasteiger partial charge in [0.05, 0.1) is 12.2 Å². The van der Waals surface area contributed by atoms with Gasteiger partial charge in [-0.25, -0.2) is 0 Å². The molecule has 0 amide bonds. The van der Waals surface area contributed by atoms with Gasteiger partial charge in [0, 0.05) is 0 Å². The average Bonchev–Trinajstić information content (AvgIpc) is 3.31. The van der Waals surface area contributed by atoms with Crippen LogP contribution in [-0.4, -0.2) is 22.4 Å². The first-order chi connectivity index (χ1) is 14.5. The summed E-state index contributed by atoms with van der Waals surface area (Å²) in [6.45, 7) is 14.5. The van der Waals surface area contributed by atoms with E-state index in [0.717, 1.165) is 36.5 Å². The Morgan fingerprint density at radius 2 is 1.58 bits per heavy atom. The van der Waals surface area contributed by atoms with Gasteiger partial charge >= 0.3 is 0 Å². The molecule has 0 heterocycles. The third-order valence-electron chi connectivity index (χ3n) is 13.1. The molecule has 5 rings (SSSR count). The van der Waals surface area contributed by atoms with Crippen LogP contribution >= 0.6 is 0 Å². The molecule has 5 aliphatic rings. The summed E-state index contributed by atoms with van der Waals surface area (Å²) in [7, 11) is 0. The van der Waals surface area contributed by atoms with E-state index in [1.165, 1.54) is 57.8 Å². The number of aliphatic hydroxyl groups excluding tert-OH is 2. The van der Waals surface area contributed by atoms with E-state index in [4.69, 9.17) is 0 Å². The van der Waals surface area contributed by atoms with Crippen LogP contribution in [0.25, 0.3) is 0 Å². The molecule has 2 heteroatoms. The maximum atomic E-state index is 10.6. The standard InChI is InChI=1S/C29H50O2/c1-18(2)23(30)9-7-19(3)21-11-13-27(6)25-10-8-22-20(4)24(31)12-14-28(22)17-29(25,28)16-15-26(21,27)5/h18-25,30-31H,7-17H2,1-6H3. The molecule has 5 saturated carbocycles. The van der Waals surface area contributed by atoms with Gasteiger partial charge in [-0.1, -0.05) is 41.5 Å². The number of hydrogen-bond donors (Lipinski definition) is 2. The number of hydrogen-bond acceptors (Lipinski definition) is 2. The van der Waals surface area contributed by atoms with Crippen molar-refractivity contribution in [2.24, 2.45) is 57.2 Å². The summed E-state index contributed by atoms with van der Waals surface area (Å²) >= 11 is 0. The van der Waals surface area contributed by atoms with E-state index in [9.17, 15) is 10.2 Å². The van der Waals surface area contributed by atoms with E-state index in [2.05, 4.69) is 41.5 Å². The summed E-state index contributed by atoms with van der Waals surface area (Å²) in [5, 5.41) is 21.0. The van der Waals surface area contributed by atoms with E-state index in [-0.39, 0.29) is 12.2 Å². The zero-order valence-electron chi connectivity index (χ0n) is 21.3. The molecule has 5 aliphatic carbocycles. The first-order valence-electron chi connectivity index (χ1n) is 13.9. The van der Waals surface area contributed by atoms with Crippen molar-refractivity contribution < 1.29 is 10.2 Å². The minimum absolute atomic E-state index is 0.0489. The van der Waals surface area contributed by atoms with Crippen molar-refractivity contribution in [3.05, 3.63) is 0 Å². The molecule has 0 aromatic heterocycles. The van der Waals surface area contributed by atoms with Crippen LogP contribution in [0.15, 0.2) is 0 Å². The lowest BCUT2D eigenvalue weighted by Gasteiger charge is -2.62. The Hall–Kier alpha value is -0.0800. The summed E-state index contributed by atoms with van der Waals surface area (Å²) < 4.78 is 0. The second-order valence-corrected chi connectivity index (χ2v) is 14.0. The number of fused-ring (bicyclic) bond motifs is 2. The van der Waals surface area contributed by atoms with Gasteiger partial charge in [0.15, 0.2) is 0 Å². The second kappa shape index (κ2) is 7.21. The predicted octanol–water partition coefficient (Wildman–Crippen LogP) is 6.83. The minimum Gasteiger partial charge on any atom is -0.393 e. The Morgan fingerprint density at radius 1 is 0.839 bits per heavy atom. The highest BCUT2D eigenvalue weighted by atomic mass is 16.3. The molecule has 0 bridgehead atoms. The van der Waals surface area contributed by atoms with Crippen molar-refractivity contribution in [2.45, 2.75) is 124 Å². The third kappa shape index (κ3) is 2.82. The molecule has 11 unspecified atom stereocenters. The molecule has 2 nitrogen and oxygen atoms in total. The smallest absolute Gasteiger partial charge is 0.0568 e. The summed E-state index contributed by atoms with van der Waals surface area (Å²) in [6.07, 6.45) is 14.3. The molecule has 31 heavy (non-hydrogen) atoms. The van der Waals surface area contributed by atoms with Crippen LogP contribution in [0.5, 0.6) is 0 Å². The van der Waals surface area contributed by atoms with Crippen molar-refractivity contribution in [1.29, 1.82) is 0 Å². The number of aliphatic hydroxyl groups is 2. The Morgan fingerprint density at radius 3 is 2.29 bits per heavy atom. The topological polar surface area (TPSA) is 40.5 Å². The van der Waals surface area contributed by atoms with Crippen molar-refractivity contribution >= 4 is 0 Å². The third-order valence-corrected chi connectivity index (χ3v) is 13.1. The molecule has 11 atom stereocenters. The SMILES string of the molecule is CC(C)C(O)CCC(C)C1CCC2(C)C3CCC4C(C)C(O)CCC45CC35CCC12C. The van der Waals surface area contributed by atoms with Crippen molar-refractivity contribution in [1.82, 2.24) is 0 Å². The van der Waals surface area contributed by atoms with E-state index in [0.29, 0.717) is 33.5 Å². The van der Waals surface area contributed by atoms with Gasteiger partial charge in [-0.3, -0.25) is 0 Å². The lowest BCUT2D eigenvalue weighted by molar-refractivity contribution is -0.143. The maximum Gasteiger partial charge on any atom is 0.0568 e. The fourth-order valence-corrected chi connectivity index (χ4v) is 10.9. The van der Waals surface area contributed by atoms with Crippen molar-refractivity contribution in [3.8, 4) is 0 Å². The predicted molar refractivity (Wildman–Crippen MR) is 128 cm³/mol. The minimum atomic E-state index is -0.136. The van der Waals surface area contributed by atoms with Crippen LogP contribution in [0.4, 0.5) is 0 Å². The zero-order chi connectivity index (χ0) is 22.4. The highest BCUT2D eigenvalue weighted by molar-refractivity contribution is 5.29. The quantitative estimate of drug-likeness (QED) is 0.502. The van der Waals surface area contributed by atoms with Crippen molar-refractivity contribution in [3.63, 3.8) is 0 Å². The van der Waals surface area contributed by atoms with Gasteiger partial charge < -0.3 is 10.2 Å². The maximum absolute atomic E-state index is 10.6. The Labute approximate surface area is 192 Å². The van der Waals surface area contributed by atoms with Gasteiger partial charge in [-0.15, -0.1) is 0 Å². The van der Waals surface area contributed by atoms with Gasteiger partial charge in [0.2, 0.25) is 0 Å².